The minimum atomic E-state index is -0.264. The Balaban J connectivity index is 2.15. The number of carbonyl (C=O) groups is 1. The van der Waals surface area contributed by atoms with Crippen molar-refractivity contribution < 1.29 is 9.53 Å². The number of benzene rings is 1. The van der Waals surface area contributed by atoms with Gasteiger partial charge in [0.2, 0.25) is 0 Å². The second-order valence-electron chi connectivity index (χ2n) is 4.80. The molecular weight excluding hydrogens is 238 g/mol. The highest BCUT2D eigenvalue weighted by Crippen LogP contribution is 2.20. The predicted molar refractivity (Wildman–Crippen MR) is 75.2 cm³/mol. The highest BCUT2D eigenvalue weighted by molar-refractivity contribution is 5.90. The van der Waals surface area contributed by atoms with Crippen molar-refractivity contribution >= 4 is 5.97 Å². The molecule has 0 N–H and O–H groups in total. The van der Waals surface area contributed by atoms with Crippen LogP contribution in [-0.2, 0) is 18.4 Å². The van der Waals surface area contributed by atoms with Crippen LogP contribution in [0, 0.1) is 20.8 Å². The third-order valence-corrected chi connectivity index (χ3v) is 3.71. The zero-order valence-electron chi connectivity index (χ0n) is 11.9. The van der Waals surface area contributed by atoms with Crippen LogP contribution in [0.1, 0.15) is 32.9 Å². The standard InChI is InChI=1S/C16H19NO2/c1-11-12(2)15(17(4)13(11)3)16(18)19-10-14-8-6-5-7-9-14/h5-9H,10H2,1-4H3. The summed E-state index contributed by atoms with van der Waals surface area (Å²) in [5.74, 6) is -0.264. The molecule has 0 aliphatic heterocycles. The molecule has 0 atom stereocenters. The first kappa shape index (κ1) is 13.4. The molecule has 0 saturated heterocycles. The number of esters is 1. The summed E-state index contributed by atoms with van der Waals surface area (Å²) in [7, 11) is 1.90. The lowest BCUT2D eigenvalue weighted by molar-refractivity contribution is 0.0460. The van der Waals surface area contributed by atoms with Gasteiger partial charge < -0.3 is 9.30 Å². The number of ether oxygens (including phenoxy) is 1. The Morgan fingerprint density at radius 1 is 1.11 bits per heavy atom. The van der Waals surface area contributed by atoms with Crippen LogP contribution in [0.5, 0.6) is 0 Å². The summed E-state index contributed by atoms with van der Waals surface area (Å²) in [5, 5.41) is 0. The number of hydrogen-bond acceptors (Lipinski definition) is 2. The van der Waals surface area contributed by atoms with Crippen molar-refractivity contribution in [2.75, 3.05) is 0 Å². The van der Waals surface area contributed by atoms with Crippen molar-refractivity contribution in [2.24, 2.45) is 7.05 Å². The Labute approximate surface area is 113 Å². The number of carbonyl (C=O) groups excluding carboxylic acids is 1. The van der Waals surface area contributed by atoms with Crippen LogP contribution in [0.15, 0.2) is 30.3 Å². The van der Waals surface area contributed by atoms with Gasteiger partial charge in [0.15, 0.2) is 0 Å². The van der Waals surface area contributed by atoms with E-state index in [0.717, 1.165) is 22.4 Å². The first-order valence-electron chi connectivity index (χ1n) is 6.36. The zero-order chi connectivity index (χ0) is 14.0. The number of nitrogens with zero attached hydrogens (tertiary/aromatic N) is 1. The van der Waals surface area contributed by atoms with Crippen LogP contribution in [0.2, 0.25) is 0 Å². The molecule has 0 radical (unpaired) electrons. The summed E-state index contributed by atoms with van der Waals surface area (Å²) in [6.45, 7) is 6.30. The summed E-state index contributed by atoms with van der Waals surface area (Å²) in [4.78, 5) is 12.2. The molecule has 0 bridgehead atoms. The van der Waals surface area contributed by atoms with Crippen LogP contribution < -0.4 is 0 Å². The van der Waals surface area contributed by atoms with E-state index in [1.165, 1.54) is 0 Å². The largest absolute Gasteiger partial charge is 0.456 e. The van der Waals surface area contributed by atoms with E-state index >= 15 is 0 Å². The van der Waals surface area contributed by atoms with Gasteiger partial charge in [-0.15, -0.1) is 0 Å². The van der Waals surface area contributed by atoms with Gasteiger partial charge in [0, 0.05) is 12.7 Å². The van der Waals surface area contributed by atoms with Crippen molar-refractivity contribution in [3.05, 3.63) is 58.4 Å². The van der Waals surface area contributed by atoms with Gasteiger partial charge >= 0.3 is 5.97 Å². The van der Waals surface area contributed by atoms with E-state index < -0.39 is 0 Å². The van der Waals surface area contributed by atoms with E-state index in [0.29, 0.717) is 12.3 Å². The molecule has 1 aromatic heterocycles. The molecule has 0 saturated carbocycles. The number of rotatable bonds is 3. The molecular formula is C16H19NO2. The highest BCUT2D eigenvalue weighted by atomic mass is 16.5. The van der Waals surface area contributed by atoms with Gasteiger partial charge in [-0.05, 0) is 37.5 Å². The van der Waals surface area contributed by atoms with Crippen molar-refractivity contribution in [2.45, 2.75) is 27.4 Å². The van der Waals surface area contributed by atoms with Gasteiger partial charge in [-0.25, -0.2) is 4.79 Å². The monoisotopic (exact) mass is 257 g/mol. The maximum Gasteiger partial charge on any atom is 0.355 e. The zero-order valence-corrected chi connectivity index (χ0v) is 11.9. The maximum atomic E-state index is 12.2. The highest BCUT2D eigenvalue weighted by Gasteiger charge is 2.19. The lowest BCUT2D eigenvalue weighted by atomic mass is 10.1. The van der Waals surface area contributed by atoms with E-state index in [9.17, 15) is 4.79 Å². The van der Waals surface area contributed by atoms with E-state index in [1.807, 2.05) is 62.7 Å². The molecule has 0 unspecified atom stereocenters. The molecule has 2 aromatic rings. The summed E-state index contributed by atoms with van der Waals surface area (Å²) < 4.78 is 7.29. The predicted octanol–water partition coefficient (Wildman–Crippen LogP) is 3.31. The van der Waals surface area contributed by atoms with Gasteiger partial charge in [0.05, 0.1) is 0 Å². The molecule has 19 heavy (non-hydrogen) atoms. The number of aromatic nitrogens is 1. The van der Waals surface area contributed by atoms with Gasteiger partial charge in [0.1, 0.15) is 12.3 Å². The molecule has 3 nitrogen and oxygen atoms in total. The van der Waals surface area contributed by atoms with E-state index in [1.54, 1.807) is 0 Å². The summed E-state index contributed by atoms with van der Waals surface area (Å²) in [6, 6.07) is 9.71. The van der Waals surface area contributed by atoms with Gasteiger partial charge in [-0.3, -0.25) is 0 Å². The second-order valence-corrected chi connectivity index (χ2v) is 4.80. The number of hydrogen-bond donors (Lipinski definition) is 0. The van der Waals surface area contributed by atoms with E-state index in [4.69, 9.17) is 4.74 Å². The molecule has 0 aliphatic rings. The molecule has 100 valence electrons. The van der Waals surface area contributed by atoms with Crippen molar-refractivity contribution in [1.82, 2.24) is 4.57 Å². The summed E-state index contributed by atoms with van der Waals surface area (Å²) in [5.41, 5.74) is 4.89. The van der Waals surface area contributed by atoms with Crippen LogP contribution in [0.4, 0.5) is 0 Å². The van der Waals surface area contributed by atoms with Crippen LogP contribution in [-0.4, -0.2) is 10.5 Å². The molecule has 2 rings (SSSR count). The molecule has 0 fully saturated rings. The Bertz CT molecular complexity index is 571. The average molecular weight is 257 g/mol. The quantitative estimate of drug-likeness (QED) is 0.790. The molecule has 3 heteroatoms. The smallest absolute Gasteiger partial charge is 0.355 e. The first-order valence-corrected chi connectivity index (χ1v) is 6.36. The lowest BCUT2D eigenvalue weighted by Gasteiger charge is -2.07. The third-order valence-electron chi connectivity index (χ3n) is 3.71. The summed E-state index contributed by atoms with van der Waals surface area (Å²) in [6.07, 6.45) is 0. The maximum absolute atomic E-state index is 12.2. The SMILES string of the molecule is Cc1c(C)c(C(=O)OCc2ccccc2)n(C)c1C. The van der Waals surface area contributed by atoms with Crippen LogP contribution >= 0.6 is 0 Å². The Morgan fingerprint density at radius 3 is 2.26 bits per heavy atom. The molecule has 1 aromatic carbocycles. The van der Waals surface area contributed by atoms with Gasteiger partial charge in [-0.1, -0.05) is 30.3 Å². The van der Waals surface area contributed by atoms with Gasteiger partial charge in [-0.2, -0.15) is 0 Å². The molecule has 1 heterocycles. The lowest BCUT2D eigenvalue weighted by Crippen LogP contribution is -2.12. The Morgan fingerprint density at radius 2 is 1.74 bits per heavy atom. The molecule has 0 aliphatic carbocycles. The minimum Gasteiger partial charge on any atom is -0.456 e. The Hall–Kier alpha value is -2.03. The topological polar surface area (TPSA) is 31.2 Å². The van der Waals surface area contributed by atoms with Gasteiger partial charge in [0.25, 0.3) is 0 Å². The van der Waals surface area contributed by atoms with E-state index in [2.05, 4.69) is 0 Å². The molecule has 0 spiro atoms. The second kappa shape index (κ2) is 5.31. The fraction of sp³-hybridized carbons (Fsp3) is 0.312. The normalized spacial score (nSPS) is 10.5. The van der Waals surface area contributed by atoms with Crippen LogP contribution in [0.3, 0.4) is 0 Å². The van der Waals surface area contributed by atoms with E-state index in [-0.39, 0.29) is 5.97 Å². The van der Waals surface area contributed by atoms with Crippen molar-refractivity contribution in [1.29, 1.82) is 0 Å². The van der Waals surface area contributed by atoms with Crippen LogP contribution in [0.25, 0.3) is 0 Å². The van der Waals surface area contributed by atoms with Crippen molar-refractivity contribution in [3.8, 4) is 0 Å². The first-order chi connectivity index (χ1) is 9.02. The van der Waals surface area contributed by atoms with Crippen molar-refractivity contribution in [3.63, 3.8) is 0 Å². The fourth-order valence-electron chi connectivity index (χ4n) is 2.20. The summed E-state index contributed by atoms with van der Waals surface area (Å²) >= 11 is 0. The average Bonchev–Trinajstić information content (AvgIpc) is 2.62. The fourth-order valence-corrected chi connectivity index (χ4v) is 2.20. The minimum absolute atomic E-state index is 0.264. The molecule has 0 amide bonds. The third kappa shape index (κ3) is 2.55. The Kier molecular flexibility index (Phi) is 3.74.